The third-order valence-corrected chi connectivity index (χ3v) is 3.90. The number of nitrogens with zero attached hydrogens (tertiary/aromatic N) is 1. The van der Waals surface area contributed by atoms with E-state index in [2.05, 4.69) is 42.2 Å². The van der Waals surface area contributed by atoms with E-state index in [-0.39, 0.29) is 5.75 Å². The zero-order valence-corrected chi connectivity index (χ0v) is 13.4. The lowest BCUT2D eigenvalue weighted by atomic mass is 10.2. The number of pyridine rings is 1. The maximum atomic E-state index is 9.63. The summed E-state index contributed by atoms with van der Waals surface area (Å²) in [5, 5.41) is 13.0. The number of hydrogen-bond acceptors (Lipinski definition) is 3. The van der Waals surface area contributed by atoms with Crippen LogP contribution in [0.3, 0.4) is 0 Å². The van der Waals surface area contributed by atoms with Crippen LogP contribution < -0.4 is 5.32 Å². The number of phenolic OH excluding ortho intramolecular Hbond substituents is 1. The second-order valence-corrected chi connectivity index (χ2v) is 5.86. The number of rotatable bonds is 5. The van der Waals surface area contributed by atoms with Crippen molar-refractivity contribution in [2.24, 2.45) is 0 Å². The molecule has 0 unspecified atom stereocenters. The molecule has 0 spiro atoms. The summed E-state index contributed by atoms with van der Waals surface area (Å²) in [6.07, 6.45) is 2.71. The second kappa shape index (κ2) is 7.03. The summed E-state index contributed by atoms with van der Waals surface area (Å²) >= 11 is 6.65. The molecule has 19 heavy (non-hydrogen) atoms. The van der Waals surface area contributed by atoms with Crippen LogP contribution in [0.25, 0.3) is 0 Å². The fourth-order valence-corrected chi connectivity index (χ4v) is 3.00. The molecule has 0 fully saturated rings. The lowest BCUT2D eigenvalue weighted by Gasteiger charge is -2.07. The quantitative estimate of drug-likeness (QED) is 0.772. The van der Waals surface area contributed by atoms with Gasteiger partial charge in [-0.05, 0) is 61.7 Å². The fourth-order valence-electron chi connectivity index (χ4n) is 1.72. The van der Waals surface area contributed by atoms with Crippen LogP contribution in [0.5, 0.6) is 5.75 Å². The van der Waals surface area contributed by atoms with Crippen LogP contribution in [0.15, 0.2) is 45.5 Å². The molecule has 0 amide bonds. The first-order chi connectivity index (χ1) is 9.16. The maximum Gasteiger partial charge on any atom is 0.143 e. The molecule has 1 aromatic heterocycles. The van der Waals surface area contributed by atoms with E-state index in [0.717, 1.165) is 30.8 Å². The minimum Gasteiger partial charge on any atom is -0.506 e. The van der Waals surface area contributed by atoms with E-state index in [9.17, 15) is 5.11 Å². The molecule has 0 aliphatic heterocycles. The van der Waals surface area contributed by atoms with Gasteiger partial charge in [0, 0.05) is 31.4 Å². The molecule has 5 heteroatoms. The molecule has 0 bridgehead atoms. The predicted molar refractivity (Wildman–Crippen MR) is 83.2 cm³/mol. The van der Waals surface area contributed by atoms with E-state index in [1.165, 1.54) is 0 Å². The molecule has 0 aliphatic carbocycles. The van der Waals surface area contributed by atoms with Crippen LogP contribution in [-0.4, -0.2) is 16.6 Å². The highest BCUT2D eigenvalue weighted by Crippen LogP contribution is 2.33. The summed E-state index contributed by atoms with van der Waals surface area (Å²) in [5.41, 5.74) is 2.20. The molecule has 2 aromatic rings. The van der Waals surface area contributed by atoms with E-state index >= 15 is 0 Å². The van der Waals surface area contributed by atoms with Gasteiger partial charge in [-0.15, -0.1) is 0 Å². The first-order valence-corrected chi connectivity index (χ1v) is 7.53. The molecule has 0 atom stereocenters. The first-order valence-electron chi connectivity index (χ1n) is 5.94. The van der Waals surface area contributed by atoms with Crippen molar-refractivity contribution < 1.29 is 5.11 Å². The van der Waals surface area contributed by atoms with Crippen molar-refractivity contribution in [1.29, 1.82) is 0 Å². The zero-order valence-electron chi connectivity index (χ0n) is 10.2. The average Bonchev–Trinajstić information content (AvgIpc) is 2.42. The number of aromatic hydroxyl groups is 1. The van der Waals surface area contributed by atoms with Gasteiger partial charge < -0.3 is 10.4 Å². The number of phenols is 1. The van der Waals surface area contributed by atoms with Gasteiger partial charge in [0.15, 0.2) is 0 Å². The first kappa shape index (κ1) is 14.5. The summed E-state index contributed by atoms with van der Waals surface area (Å²) in [7, 11) is 0. The van der Waals surface area contributed by atoms with Gasteiger partial charge >= 0.3 is 0 Å². The number of aromatic nitrogens is 1. The smallest absolute Gasteiger partial charge is 0.143 e. The van der Waals surface area contributed by atoms with Crippen LogP contribution in [0.1, 0.15) is 11.3 Å². The Bertz CT molecular complexity index is 523. The van der Waals surface area contributed by atoms with Crippen molar-refractivity contribution in [3.05, 3.63) is 56.7 Å². The van der Waals surface area contributed by atoms with Gasteiger partial charge in [0.2, 0.25) is 0 Å². The van der Waals surface area contributed by atoms with Crippen LogP contribution in [-0.2, 0) is 13.0 Å². The highest BCUT2D eigenvalue weighted by atomic mass is 79.9. The van der Waals surface area contributed by atoms with Crippen molar-refractivity contribution in [1.82, 2.24) is 10.3 Å². The summed E-state index contributed by atoms with van der Waals surface area (Å²) < 4.78 is 1.40. The SMILES string of the molecule is Oc1c(Br)cc(CNCCc2ccccn2)cc1Br. The highest BCUT2D eigenvalue weighted by molar-refractivity contribution is 9.11. The van der Waals surface area contributed by atoms with Crippen LogP contribution in [0.2, 0.25) is 0 Å². The minimum atomic E-state index is 0.234. The Hall–Kier alpha value is -0.910. The highest BCUT2D eigenvalue weighted by Gasteiger charge is 2.05. The molecule has 2 rings (SSSR count). The Morgan fingerprint density at radius 3 is 2.53 bits per heavy atom. The van der Waals surface area contributed by atoms with E-state index in [0.29, 0.717) is 8.95 Å². The third-order valence-electron chi connectivity index (χ3n) is 2.69. The van der Waals surface area contributed by atoms with Gasteiger partial charge in [-0.25, -0.2) is 0 Å². The fraction of sp³-hybridized carbons (Fsp3) is 0.214. The molecule has 0 radical (unpaired) electrons. The van der Waals surface area contributed by atoms with Crippen molar-refractivity contribution in [3.8, 4) is 5.75 Å². The Balaban J connectivity index is 1.83. The van der Waals surface area contributed by atoms with E-state index in [1.807, 2.05) is 36.5 Å². The summed E-state index contributed by atoms with van der Waals surface area (Å²) in [6, 6.07) is 9.76. The van der Waals surface area contributed by atoms with Crippen molar-refractivity contribution in [2.45, 2.75) is 13.0 Å². The second-order valence-electron chi connectivity index (χ2n) is 4.16. The molecule has 0 saturated heterocycles. The zero-order chi connectivity index (χ0) is 13.7. The number of nitrogens with one attached hydrogen (secondary N) is 1. The summed E-state index contributed by atoms with van der Waals surface area (Å²) in [4.78, 5) is 4.28. The standard InChI is InChI=1S/C14H14Br2N2O/c15-12-7-10(8-13(16)14(12)19)9-17-6-4-11-3-1-2-5-18-11/h1-3,5,7-8,17,19H,4,6,9H2. The molecule has 1 aromatic carbocycles. The van der Waals surface area contributed by atoms with Crippen LogP contribution in [0, 0.1) is 0 Å². The van der Waals surface area contributed by atoms with E-state index < -0.39 is 0 Å². The van der Waals surface area contributed by atoms with Gasteiger partial charge in [0.1, 0.15) is 5.75 Å². The minimum absolute atomic E-state index is 0.234. The Morgan fingerprint density at radius 2 is 1.89 bits per heavy atom. The monoisotopic (exact) mass is 384 g/mol. The van der Waals surface area contributed by atoms with Crippen molar-refractivity contribution in [3.63, 3.8) is 0 Å². The Morgan fingerprint density at radius 1 is 1.16 bits per heavy atom. The lowest BCUT2D eigenvalue weighted by molar-refractivity contribution is 0.468. The van der Waals surface area contributed by atoms with E-state index in [4.69, 9.17) is 0 Å². The molecule has 0 aliphatic rings. The number of hydrogen-bond donors (Lipinski definition) is 2. The van der Waals surface area contributed by atoms with Crippen molar-refractivity contribution in [2.75, 3.05) is 6.54 Å². The van der Waals surface area contributed by atoms with Gasteiger partial charge in [0.25, 0.3) is 0 Å². The number of benzene rings is 1. The van der Waals surface area contributed by atoms with Gasteiger partial charge in [-0.1, -0.05) is 6.07 Å². The Labute approximate surface area is 129 Å². The predicted octanol–water partition coefficient (Wildman–Crippen LogP) is 3.64. The lowest BCUT2D eigenvalue weighted by Crippen LogP contribution is -2.17. The largest absolute Gasteiger partial charge is 0.506 e. The third kappa shape index (κ3) is 4.30. The molecular formula is C14H14Br2N2O. The van der Waals surface area contributed by atoms with E-state index in [1.54, 1.807) is 0 Å². The molecule has 100 valence electrons. The number of halogens is 2. The van der Waals surface area contributed by atoms with Crippen LogP contribution >= 0.6 is 31.9 Å². The molecular weight excluding hydrogens is 372 g/mol. The molecule has 3 nitrogen and oxygen atoms in total. The van der Waals surface area contributed by atoms with Gasteiger partial charge in [0.05, 0.1) is 8.95 Å². The van der Waals surface area contributed by atoms with Crippen LogP contribution in [0.4, 0.5) is 0 Å². The summed E-state index contributed by atoms with van der Waals surface area (Å²) in [5.74, 6) is 0.234. The summed E-state index contributed by atoms with van der Waals surface area (Å²) in [6.45, 7) is 1.62. The molecule has 0 saturated carbocycles. The molecule has 1 heterocycles. The van der Waals surface area contributed by atoms with Crippen molar-refractivity contribution >= 4 is 31.9 Å². The average molecular weight is 386 g/mol. The maximum absolute atomic E-state index is 9.63. The Kier molecular flexibility index (Phi) is 5.36. The van der Waals surface area contributed by atoms with Gasteiger partial charge in [-0.3, -0.25) is 4.98 Å². The topological polar surface area (TPSA) is 45.1 Å². The molecule has 2 N–H and O–H groups in total. The normalized spacial score (nSPS) is 10.6. The van der Waals surface area contributed by atoms with Gasteiger partial charge in [-0.2, -0.15) is 0 Å².